The van der Waals surface area contributed by atoms with Crippen LogP contribution >= 0.6 is 0 Å². The summed E-state index contributed by atoms with van der Waals surface area (Å²) in [4.78, 5) is 5.14. The van der Waals surface area contributed by atoms with Crippen molar-refractivity contribution < 1.29 is 5.11 Å². The highest BCUT2D eigenvalue weighted by Crippen LogP contribution is 2.29. The number of aliphatic hydroxyl groups excluding tert-OH is 1. The minimum absolute atomic E-state index is 0.0324. The molecule has 2 aliphatic heterocycles. The molecule has 0 aromatic rings. The Morgan fingerprint density at radius 2 is 1.50 bits per heavy atom. The van der Waals surface area contributed by atoms with Crippen LogP contribution in [0.25, 0.3) is 0 Å². The molecule has 0 radical (unpaired) electrons. The molecule has 1 aliphatic carbocycles. The third-order valence-electron chi connectivity index (χ3n) is 6.05. The Morgan fingerprint density at radius 3 is 1.91 bits per heavy atom. The van der Waals surface area contributed by atoms with Gasteiger partial charge >= 0.3 is 0 Å². The minimum Gasteiger partial charge on any atom is -0.393 e. The lowest BCUT2D eigenvalue weighted by Crippen LogP contribution is -2.44. The average molecular weight is 311 g/mol. The molecule has 3 heteroatoms. The number of hydrogen-bond acceptors (Lipinski definition) is 3. The van der Waals surface area contributed by atoms with E-state index in [-0.39, 0.29) is 6.10 Å². The molecule has 0 atom stereocenters. The fourth-order valence-corrected chi connectivity index (χ4v) is 3.88. The lowest BCUT2D eigenvalue weighted by molar-refractivity contribution is 0.0685. The molecule has 1 N–H and O–H groups in total. The zero-order valence-electron chi connectivity index (χ0n) is 15.1. The fraction of sp³-hybridized carbons (Fsp3) is 1.00. The summed E-state index contributed by atoms with van der Waals surface area (Å²) in [5.74, 6) is 1.04. The van der Waals surface area contributed by atoms with Gasteiger partial charge in [0.1, 0.15) is 0 Å². The third kappa shape index (κ3) is 5.50. The lowest BCUT2D eigenvalue weighted by Gasteiger charge is -2.41. The molecule has 130 valence electrons. The number of aliphatic hydroxyl groups is 1. The van der Waals surface area contributed by atoms with Gasteiger partial charge in [-0.3, -0.25) is 0 Å². The number of nitrogens with zero attached hydrogens (tertiary/aromatic N) is 2. The van der Waals surface area contributed by atoms with Gasteiger partial charge in [0.2, 0.25) is 0 Å². The minimum atomic E-state index is -0.0324. The molecule has 2 heterocycles. The van der Waals surface area contributed by atoms with Gasteiger partial charge in [0.25, 0.3) is 0 Å². The number of likely N-dealkylation sites (tertiary alicyclic amines) is 2. The first-order valence-electron chi connectivity index (χ1n) is 9.76. The van der Waals surface area contributed by atoms with Gasteiger partial charge in [0.15, 0.2) is 0 Å². The average Bonchev–Trinajstić information content (AvgIpc) is 2.47. The molecular weight excluding hydrogens is 272 g/mol. The Hall–Kier alpha value is -0.120. The second-order valence-electron chi connectivity index (χ2n) is 7.83. The van der Waals surface area contributed by atoms with Crippen LogP contribution in [0, 0.1) is 5.92 Å². The van der Waals surface area contributed by atoms with Crippen LogP contribution in [0.4, 0.5) is 0 Å². The second kappa shape index (κ2) is 9.24. The van der Waals surface area contributed by atoms with Gasteiger partial charge < -0.3 is 14.9 Å². The summed E-state index contributed by atoms with van der Waals surface area (Å²) >= 11 is 0. The van der Waals surface area contributed by atoms with Crippen LogP contribution in [-0.2, 0) is 0 Å². The summed E-state index contributed by atoms with van der Waals surface area (Å²) in [6.07, 6.45) is 10.7. The predicted octanol–water partition coefficient (Wildman–Crippen LogP) is 3.51. The van der Waals surface area contributed by atoms with Gasteiger partial charge in [-0.05, 0) is 71.4 Å². The molecule has 0 aromatic carbocycles. The second-order valence-corrected chi connectivity index (χ2v) is 7.83. The van der Waals surface area contributed by atoms with E-state index in [9.17, 15) is 5.11 Å². The quantitative estimate of drug-likeness (QED) is 0.864. The molecule has 2 saturated heterocycles. The van der Waals surface area contributed by atoms with Crippen LogP contribution in [0.3, 0.4) is 0 Å². The molecule has 0 spiro atoms. The van der Waals surface area contributed by atoms with E-state index in [1.54, 1.807) is 0 Å². The summed E-state index contributed by atoms with van der Waals surface area (Å²) in [7, 11) is 0. The Morgan fingerprint density at radius 1 is 0.909 bits per heavy atom. The summed E-state index contributed by atoms with van der Waals surface area (Å²) in [6.45, 7) is 11.7. The molecule has 3 fully saturated rings. The van der Waals surface area contributed by atoms with Crippen LogP contribution < -0.4 is 0 Å². The summed E-state index contributed by atoms with van der Waals surface area (Å²) in [5, 5.41) is 9.18. The van der Waals surface area contributed by atoms with E-state index in [2.05, 4.69) is 30.6 Å². The molecule has 0 unspecified atom stereocenters. The van der Waals surface area contributed by atoms with Crippen molar-refractivity contribution in [1.29, 1.82) is 0 Å². The molecule has 0 aromatic heterocycles. The Bertz CT molecular complexity index is 288. The first kappa shape index (κ1) is 18.2. The van der Waals surface area contributed by atoms with Gasteiger partial charge in [-0.15, -0.1) is 0 Å². The molecular formula is C19H38N2O. The molecule has 3 nitrogen and oxygen atoms in total. The van der Waals surface area contributed by atoms with Crippen molar-refractivity contribution in [2.75, 3.05) is 26.2 Å². The van der Waals surface area contributed by atoms with Crippen LogP contribution in [0.5, 0.6) is 0 Å². The van der Waals surface area contributed by atoms with Crippen molar-refractivity contribution >= 4 is 0 Å². The van der Waals surface area contributed by atoms with Crippen LogP contribution in [-0.4, -0.2) is 59.3 Å². The Balaban J connectivity index is 0.000000164. The van der Waals surface area contributed by atoms with Gasteiger partial charge in [-0.1, -0.05) is 19.8 Å². The maximum Gasteiger partial charge on any atom is 0.0564 e. The third-order valence-corrected chi connectivity index (χ3v) is 6.05. The predicted molar refractivity (Wildman–Crippen MR) is 94.2 cm³/mol. The molecule has 1 saturated carbocycles. The zero-order chi connectivity index (χ0) is 15.9. The van der Waals surface area contributed by atoms with E-state index in [1.807, 2.05) is 0 Å². The van der Waals surface area contributed by atoms with E-state index in [4.69, 9.17) is 0 Å². The van der Waals surface area contributed by atoms with E-state index < -0.39 is 0 Å². The van der Waals surface area contributed by atoms with E-state index in [1.165, 1.54) is 51.6 Å². The molecule has 0 amide bonds. The molecule has 3 rings (SSSR count). The largest absolute Gasteiger partial charge is 0.393 e. The van der Waals surface area contributed by atoms with Crippen molar-refractivity contribution in [2.24, 2.45) is 5.92 Å². The topological polar surface area (TPSA) is 26.7 Å². The number of hydrogen-bond donors (Lipinski definition) is 1. The van der Waals surface area contributed by atoms with Crippen LogP contribution in [0.1, 0.15) is 72.1 Å². The van der Waals surface area contributed by atoms with Crippen molar-refractivity contribution in [1.82, 2.24) is 9.80 Å². The van der Waals surface area contributed by atoms with Gasteiger partial charge in [0.05, 0.1) is 6.10 Å². The van der Waals surface area contributed by atoms with E-state index >= 15 is 0 Å². The summed E-state index contributed by atoms with van der Waals surface area (Å²) in [6, 6.07) is 1.63. The summed E-state index contributed by atoms with van der Waals surface area (Å²) in [5.41, 5.74) is 0. The molecule has 22 heavy (non-hydrogen) atoms. The van der Waals surface area contributed by atoms with Gasteiger partial charge in [0, 0.05) is 25.2 Å². The SMILES string of the molecule is CC(C)N1CCC(O)CC1.CCC1CCN(C2CCC2)CC1. The molecule has 3 aliphatic rings. The fourth-order valence-electron chi connectivity index (χ4n) is 3.88. The zero-order valence-corrected chi connectivity index (χ0v) is 15.1. The standard InChI is InChI=1S/C11H21N.C8H17NO/c1-2-10-6-8-12(9-7-10)11-4-3-5-11;1-7(2)9-5-3-8(10)4-6-9/h10-11H,2-9H2,1H3;7-8,10H,3-6H2,1-2H3. The number of rotatable bonds is 3. The monoisotopic (exact) mass is 310 g/mol. The van der Waals surface area contributed by atoms with Crippen molar-refractivity contribution in [3.8, 4) is 0 Å². The van der Waals surface area contributed by atoms with E-state index in [0.717, 1.165) is 37.9 Å². The highest BCUT2D eigenvalue weighted by molar-refractivity contribution is 4.83. The van der Waals surface area contributed by atoms with E-state index in [0.29, 0.717) is 6.04 Å². The molecule has 0 bridgehead atoms. The lowest BCUT2D eigenvalue weighted by atomic mass is 9.87. The van der Waals surface area contributed by atoms with Crippen molar-refractivity contribution in [3.05, 3.63) is 0 Å². The van der Waals surface area contributed by atoms with Crippen molar-refractivity contribution in [2.45, 2.75) is 90.3 Å². The first-order chi connectivity index (χ1) is 10.6. The van der Waals surface area contributed by atoms with Crippen LogP contribution in [0.2, 0.25) is 0 Å². The smallest absolute Gasteiger partial charge is 0.0564 e. The van der Waals surface area contributed by atoms with Crippen molar-refractivity contribution in [3.63, 3.8) is 0 Å². The maximum atomic E-state index is 9.18. The maximum absolute atomic E-state index is 9.18. The Labute approximate surface area is 138 Å². The summed E-state index contributed by atoms with van der Waals surface area (Å²) < 4.78 is 0. The van der Waals surface area contributed by atoms with Gasteiger partial charge in [-0.25, -0.2) is 0 Å². The van der Waals surface area contributed by atoms with Gasteiger partial charge in [-0.2, -0.15) is 0 Å². The highest BCUT2D eigenvalue weighted by atomic mass is 16.3. The number of piperidine rings is 2. The highest BCUT2D eigenvalue weighted by Gasteiger charge is 2.27. The van der Waals surface area contributed by atoms with Crippen LogP contribution in [0.15, 0.2) is 0 Å². The first-order valence-corrected chi connectivity index (χ1v) is 9.76. The Kier molecular flexibility index (Phi) is 7.66. The normalized spacial score (nSPS) is 26.6.